The lowest BCUT2D eigenvalue weighted by atomic mass is 10.2. The van der Waals surface area contributed by atoms with Gasteiger partial charge in [0.1, 0.15) is 0 Å². The van der Waals surface area contributed by atoms with Crippen molar-refractivity contribution in [1.29, 1.82) is 0 Å². The van der Waals surface area contributed by atoms with Gasteiger partial charge in [0.2, 0.25) is 8.53 Å². The third-order valence-electron chi connectivity index (χ3n) is 1.06. The molecule has 0 bridgehead atoms. The molecule has 0 amide bonds. The summed E-state index contributed by atoms with van der Waals surface area (Å²) in [7, 11) is -2.12. The van der Waals surface area contributed by atoms with Gasteiger partial charge < -0.3 is 15.5 Å². The Hall–Kier alpha value is 0.270. The van der Waals surface area contributed by atoms with Gasteiger partial charge in [-0.05, 0) is 13.0 Å². The predicted molar refractivity (Wildman–Crippen MR) is 48.7 cm³/mol. The summed E-state index contributed by atoms with van der Waals surface area (Å²) < 4.78 is 0. The number of rotatable bonds is 4. The summed E-state index contributed by atoms with van der Waals surface area (Å²) in [5.41, 5.74) is 9.56. The number of nitrogens with two attached hydrogens (primary N) is 2. The van der Waals surface area contributed by atoms with Gasteiger partial charge in [-0.1, -0.05) is 26.2 Å². The summed E-state index contributed by atoms with van der Waals surface area (Å²) in [6.45, 7) is 3.07. The summed E-state index contributed by atoms with van der Waals surface area (Å²) in [5, 5.41) is 0. The van der Waals surface area contributed by atoms with Gasteiger partial charge in [-0.2, -0.15) is 0 Å². The molecule has 0 fully saturated rings. The van der Waals surface area contributed by atoms with Crippen molar-refractivity contribution in [3.63, 3.8) is 0 Å². The van der Waals surface area contributed by atoms with Crippen LogP contribution in [-0.2, 0) is 0 Å². The Balaban J connectivity index is 0. The molecule has 0 unspecified atom stereocenters. The van der Waals surface area contributed by atoms with Gasteiger partial charge in [-0.3, -0.25) is 5.50 Å². The maximum atomic E-state index is 7.45. The minimum atomic E-state index is -2.12. The summed E-state index contributed by atoms with van der Waals surface area (Å²) in [6.07, 6.45) is 5.16. The van der Waals surface area contributed by atoms with Crippen LogP contribution in [0.2, 0.25) is 0 Å². The van der Waals surface area contributed by atoms with E-state index in [1.54, 1.807) is 0 Å². The Morgan fingerprint density at radius 2 is 1.64 bits per heavy atom. The van der Waals surface area contributed by atoms with Gasteiger partial charge in [-0.25, -0.2) is 0 Å². The number of hydrogen-bond acceptors (Lipinski definition) is 4. The second kappa shape index (κ2) is 12.9. The van der Waals surface area contributed by atoms with E-state index in [1.807, 2.05) is 0 Å². The van der Waals surface area contributed by atoms with Crippen molar-refractivity contribution in [1.82, 2.24) is 0 Å². The number of hydrogen-bond donors (Lipinski definition) is 4. The molecule has 0 rings (SSSR count). The summed E-state index contributed by atoms with van der Waals surface area (Å²) in [5.74, 6) is 0. The van der Waals surface area contributed by atoms with Gasteiger partial charge in [-0.15, -0.1) is 0 Å². The van der Waals surface area contributed by atoms with E-state index < -0.39 is 8.53 Å². The second-order valence-corrected chi connectivity index (χ2v) is 2.81. The molecule has 0 aliphatic heterocycles. The van der Waals surface area contributed by atoms with Crippen LogP contribution >= 0.6 is 8.53 Å². The molecule has 0 aliphatic carbocycles. The molecule has 0 atom stereocenters. The van der Waals surface area contributed by atoms with E-state index in [1.165, 1.54) is 25.7 Å². The van der Waals surface area contributed by atoms with Crippen molar-refractivity contribution in [3.8, 4) is 0 Å². The minimum Gasteiger partial charge on any atom is -0.338 e. The van der Waals surface area contributed by atoms with Gasteiger partial charge in [0.15, 0.2) is 0 Å². The fraction of sp³-hybridized carbons (Fsp3) is 1.00. The lowest BCUT2D eigenvalue weighted by molar-refractivity contribution is 0.485. The molecule has 4 nitrogen and oxygen atoms in total. The first-order valence-electron chi connectivity index (χ1n) is 3.77. The highest BCUT2D eigenvalue weighted by Crippen LogP contribution is 2.05. The molecule has 0 aromatic rings. The summed E-state index contributed by atoms with van der Waals surface area (Å²) >= 11 is 0. The topological polar surface area (TPSA) is 92.5 Å². The van der Waals surface area contributed by atoms with Crippen LogP contribution in [0.1, 0.15) is 32.6 Å². The Morgan fingerprint density at radius 3 is 1.91 bits per heavy atom. The highest BCUT2D eigenvalue weighted by molar-refractivity contribution is 7.42. The Bertz CT molecular complexity index is 57.8. The van der Waals surface area contributed by atoms with Crippen molar-refractivity contribution >= 4 is 8.53 Å². The maximum absolute atomic E-state index is 7.45. The molecule has 0 aromatic heterocycles. The molecule has 5 heteroatoms. The zero-order valence-electron chi connectivity index (χ0n) is 7.03. The summed E-state index contributed by atoms with van der Waals surface area (Å²) in [6, 6.07) is 0. The van der Waals surface area contributed by atoms with Crippen LogP contribution in [0.5, 0.6) is 0 Å². The molecule has 0 spiro atoms. The van der Waals surface area contributed by atoms with E-state index in [0.29, 0.717) is 0 Å². The van der Waals surface area contributed by atoms with Crippen molar-refractivity contribution in [2.75, 3.05) is 6.54 Å². The Morgan fingerprint density at radius 1 is 1.18 bits per heavy atom. The Labute approximate surface area is 69.6 Å². The molecule has 70 valence electrons. The lowest BCUT2D eigenvalue weighted by Crippen LogP contribution is -1.97. The molecule has 0 aromatic carbocycles. The fourth-order valence-electron chi connectivity index (χ4n) is 0.571. The van der Waals surface area contributed by atoms with E-state index in [9.17, 15) is 0 Å². The van der Waals surface area contributed by atoms with Crippen LogP contribution in [0.4, 0.5) is 0 Å². The van der Waals surface area contributed by atoms with E-state index >= 15 is 0 Å². The maximum Gasteiger partial charge on any atom is 0.247 e. The molecule has 11 heavy (non-hydrogen) atoms. The van der Waals surface area contributed by atoms with E-state index in [-0.39, 0.29) is 0 Å². The van der Waals surface area contributed by atoms with Crippen molar-refractivity contribution < 1.29 is 9.79 Å². The van der Waals surface area contributed by atoms with Crippen LogP contribution in [0.15, 0.2) is 0 Å². The first kappa shape index (κ1) is 13.8. The van der Waals surface area contributed by atoms with Crippen LogP contribution in [-0.4, -0.2) is 16.3 Å². The number of unbranched alkanes of at least 4 members (excludes halogenated alkanes) is 3. The Kier molecular flexibility index (Phi) is 16.2. The molecule has 0 radical (unpaired) electrons. The highest BCUT2D eigenvalue weighted by Gasteiger charge is 1.80. The average Bonchev–Trinajstić information content (AvgIpc) is 1.88. The zero-order chi connectivity index (χ0) is 9.11. The minimum absolute atomic E-state index is 0.861. The predicted octanol–water partition coefficient (Wildman–Crippen LogP) is 0.682. The summed E-state index contributed by atoms with van der Waals surface area (Å²) in [4.78, 5) is 14.9. The van der Waals surface area contributed by atoms with Gasteiger partial charge in [0.25, 0.3) is 0 Å². The highest BCUT2D eigenvalue weighted by atomic mass is 31.2. The van der Waals surface area contributed by atoms with Crippen LogP contribution < -0.4 is 11.2 Å². The fourth-order valence-corrected chi connectivity index (χ4v) is 0.571. The molecule has 0 aliphatic rings. The largest absolute Gasteiger partial charge is 0.338 e. The van der Waals surface area contributed by atoms with Crippen molar-refractivity contribution in [3.05, 3.63) is 0 Å². The normalized spacial score (nSPS) is 9.27. The molecule has 0 heterocycles. The van der Waals surface area contributed by atoms with Crippen molar-refractivity contribution in [2.24, 2.45) is 11.2 Å². The third kappa shape index (κ3) is 38.5. The first-order chi connectivity index (χ1) is 5.15. The van der Waals surface area contributed by atoms with E-state index in [0.717, 1.165) is 6.54 Å². The standard InChI is InChI=1S/C6H15N.H4NO2P/c1-2-3-4-5-6-7;1-4(2)3/h2-7H2,1H3;2-3H,1H2. The molecule has 0 saturated carbocycles. The molecule has 6 N–H and O–H groups in total. The zero-order valence-corrected chi connectivity index (χ0v) is 7.93. The smallest absolute Gasteiger partial charge is 0.247 e. The second-order valence-electron chi connectivity index (χ2n) is 2.17. The van der Waals surface area contributed by atoms with E-state index in [4.69, 9.17) is 15.5 Å². The first-order valence-corrected chi connectivity index (χ1v) is 5.09. The monoisotopic (exact) mass is 182 g/mol. The lowest BCUT2D eigenvalue weighted by Gasteiger charge is -1.90. The SMILES string of the molecule is CCCCCCN.NP(O)O. The third-order valence-corrected chi connectivity index (χ3v) is 1.06. The van der Waals surface area contributed by atoms with Gasteiger partial charge >= 0.3 is 0 Å². The molecular formula is C6H19N2O2P. The van der Waals surface area contributed by atoms with Crippen LogP contribution in [0.25, 0.3) is 0 Å². The van der Waals surface area contributed by atoms with Gasteiger partial charge in [0, 0.05) is 0 Å². The molecular weight excluding hydrogens is 163 g/mol. The van der Waals surface area contributed by atoms with Crippen molar-refractivity contribution in [2.45, 2.75) is 32.6 Å². The molecule has 0 saturated heterocycles. The van der Waals surface area contributed by atoms with Gasteiger partial charge in [0.05, 0.1) is 0 Å². The average molecular weight is 182 g/mol. The van der Waals surface area contributed by atoms with Crippen LogP contribution in [0.3, 0.4) is 0 Å². The quantitative estimate of drug-likeness (QED) is 0.380. The van der Waals surface area contributed by atoms with E-state index in [2.05, 4.69) is 12.4 Å². The van der Waals surface area contributed by atoms with Crippen LogP contribution in [0, 0.1) is 0 Å².